The Kier molecular flexibility index (Phi) is 6.55. The largest absolute Gasteiger partial charge is 0.755 e. The van der Waals surface area contributed by atoms with Crippen molar-refractivity contribution in [2.75, 3.05) is 30.9 Å². The standard InChI is InChI=1S/C18H26ClN3O3S/c1-13-11-21(12-14-4-2-3-5-14)8-9-22(13)18(23)16-7-6-15(10-17(16)19)20-26(24)25/h6-7,10,13-14,20H,2-5,8-9,11-12H2,1H3,(H,24,25)/p-1. The van der Waals surface area contributed by atoms with Crippen molar-refractivity contribution in [3.8, 4) is 0 Å². The lowest BCUT2D eigenvalue weighted by atomic mass is 10.1. The average Bonchev–Trinajstić information content (AvgIpc) is 3.07. The lowest BCUT2D eigenvalue weighted by Crippen LogP contribution is -2.54. The van der Waals surface area contributed by atoms with Crippen molar-refractivity contribution in [2.45, 2.75) is 38.6 Å². The zero-order valence-electron chi connectivity index (χ0n) is 14.9. The zero-order chi connectivity index (χ0) is 18.7. The quantitative estimate of drug-likeness (QED) is 0.774. The highest BCUT2D eigenvalue weighted by molar-refractivity contribution is 7.80. The van der Waals surface area contributed by atoms with E-state index in [0.29, 0.717) is 17.8 Å². The van der Waals surface area contributed by atoms with Crippen LogP contribution < -0.4 is 4.72 Å². The van der Waals surface area contributed by atoms with E-state index in [4.69, 9.17) is 11.6 Å². The van der Waals surface area contributed by atoms with E-state index in [0.717, 1.165) is 25.6 Å². The van der Waals surface area contributed by atoms with Gasteiger partial charge in [-0.1, -0.05) is 24.4 Å². The molecule has 2 aliphatic rings. The molecule has 1 aliphatic carbocycles. The number of nitrogens with zero attached hydrogens (tertiary/aromatic N) is 2. The summed E-state index contributed by atoms with van der Waals surface area (Å²) in [6.07, 6.45) is 5.36. The molecule has 1 N–H and O–H groups in total. The zero-order valence-corrected chi connectivity index (χ0v) is 16.5. The summed E-state index contributed by atoms with van der Waals surface area (Å²) in [5.41, 5.74) is 0.749. The third-order valence-corrected chi connectivity index (χ3v) is 6.08. The maximum atomic E-state index is 12.9. The number of piperazine rings is 1. The Morgan fingerprint density at radius 3 is 2.69 bits per heavy atom. The summed E-state index contributed by atoms with van der Waals surface area (Å²) in [5, 5.41) is 0.256. The molecule has 2 unspecified atom stereocenters. The number of hydrogen-bond donors (Lipinski definition) is 1. The van der Waals surface area contributed by atoms with Crippen molar-refractivity contribution in [1.82, 2.24) is 9.80 Å². The third-order valence-electron chi connectivity index (χ3n) is 5.36. The van der Waals surface area contributed by atoms with Crippen molar-refractivity contribution < 1.29 is 13.6 Å². The summed E-state index contributed by atoms with van der Waals surface area (Å²) < 4.78 is 23.7. The van der Waals surface area contributed by atoms with Crippen LogP contribution in [0.4, 0.5) is 5.69 Å². The fourth-order valence-electron chi connectivity index (χ4n) is 4.06. The molecule has 1 aromatic carbocycles. The Labute approximate surface area is 162 Å². The van der Waals surface area contributed by atoms with Crippen LogP contribution in [0.5, 0.6) is 0 Å². The Morgan fingerprint density at radius 2 is 2.08 bits per heavy atom. The van der Waals surface area contributed by atoms with Gasteiger partial charge in [0.05, 0.1) is 10.6 Å². The first kappa shape index (κ1) is 19.6. The summed E-state index contributed by atoms with van der Waals surface area (Å²) in [7, 11) is 0. The minimum atomic E-state index is -2.42. The molecular formula is C18H25ClN3O3S-. The van der Waals surface area contributed by atoms with Gasteiger partial charge in [0.1, 0.15) is 0 Å². The van der Waals surface area contributed by atoms with Crippen molar-refractivity contribution in [3.63, 3.8) is 0 Å². The Hall–Kier alpha value is -1.15. The van der Waals surface area contributed by atoms with E-state index in [-0.39, 0.29) is 17.0 Å². The van der Waals surface area contributed by atoms with E-state index < -0.39 is 11.3 Å². The van der Waals surface area contributed by atoms with Gasteiger partial charge < -0.3 is 14.2 Å². The lowest BCUT2D eigenvalue weighted by Gasteiger charge is -2.41. The Balaban J connectivity index is 1.62. The number of carbonyl (C=O) groups is 1. The fraction of sp³-hybridized carbons (Fsp3) is 0.611. The molecule has 0 aromatic heterocycles. The minimum absolute atomic E-state index is 0.0992. The predicted molar refractivity (Wildman–Crippen MR) is 103 cm³/mol. The highest BCUT2D eigenvalue weighted by atomic mass is 35.5. The topological polar surface area (TPSA) is 75.7 Å². The van der Waals surface area contributed by atoms with Crippen LogP contribution in [0.25, 0.3) is 0 Å². The van der Waals surface area contributed by atoms with Gasteiger partial charge in [-0.25, -0.2) is 0 Å². The van der Waals surface area contributed by atoms with Crippen LogP contribution in [0, 0.1) is 5.92 Å². The molecule has 6 nitrogen and oxygen atoms in total. The van der Waals surface area contributed by atoms with Crippen LogP contribution in [0.3, 0.4) is 0 Å². The molecule has 1 amide bonds. The van der Waals surface area contributed by atoms with Gasteiger partial charge in [-0.3, -0.25) is 13.9 Å². The van der Waals surface area contributed by atoms with E-state index in [1.807, 2.05) is 4.90 Å². The summed E-state index contributed by atoms with van der Waals surface area (Å²) in [4.78, 5) is 17.2. The van der Waals surface area contributed by atoms with Crippen LogP contribution in [0.2, 0.25) is 5.02 Å². The maximum absolute atomic E-state index is 12.9. The summed E-state index contributed by atoms with van der Waals surface area (Å²) in [6, 6.07) is 4.72. The number of carbonyl (C=O) groups excluding carboxylic acids is 1. The van der Waals surface area contributed by atoms with Gasteiger partial charge in [-0.05, 0) is 43.9 Å². The van der Waals surface area contributed by atoms with E-state index in [2.05, 4.69) is 16.5 Å². The first-order chi connectivity index (χ1) is 12.4. The molecule has 8 heteroatoms. The molecule has 0 radical (unpaired) electrons. The van der Waals surface area contributed by atoms with Crippen LogP contribution in [-0.2, 0) is 11.3 Å². The Bertz CT molecular complexity index is 682. The fourth-order valence-corrected chi connectivity index (χ4v) is 4.64. The monoisotopic (exact) mass is 398 g/mol. The van der Waals surface area contributed by atoms with Crippen molar-refractivity contribution >= 4 is 34.5 Å². The molecule has 26 heavy (non-hydrogen) atoms. The van der Waals surface area contributed by atoms with Gasteiger partial charge in [0, 0.05) is 49.2 Å². The molecule has 144 valence electrons. The molecule has 2 atom stereocenters. The molecule has 0 spiro atoms. The maximum Gasteiger partial charge on any atom is 0.255 e. The van der Waals surface area contributed by atoms with Gasteiger partial charge in [-0.15, -0.1) is 0 Å². The number of amides is 1. The Morgan fingerprint density at radius 1 is 1.35 bits per heavy atom. The average molecular weight is 399 g/mol. The number of benzene rings is 1. The molecule has 1 heterocycles. The van der Waals surface area contributed by atoms with Crippen molar-refractivity contribution in [1.29, 1.82) is 0 Å². The van der Waals surface area contributed by atoms with Gasteiger partial charge >= 0.3 is 0 Å². The van der Waals surface area contributed by atoms with E-state index in [1.165, 1.54) is 31.7 Å². The molecule has 1 aliphatic heterocycles. The van der Waals surface area contributed by atoms with Gasteiger partial charge in [0.15, 0.2) is 0 Å². The number of anilines is 1. The smallest absolute Gasteiger partial charge is 0.255 e. The SMILES string of the molecule is CC1CN(CC2CCCC2)CCN1C(=O)c1ccc(NS(=O)[O-])cc1Cl. The molecule has 1 saturated carbocycles. The van der Waals surface area contributed by atoms with E-state index in [9.17, 15) is 13.6 Å². The summed E-state index contributed by atoms with van der Waals surface area (Å²) in [6.45, 7) is 5.67. The highest BCUT2D eigenvalue weighted by Crippen LogP contribution is 2.27. The second-order valence-electron chi connectivity index (χ2n) is 7.29. The molecule has 1 aromatic rings. The molecule has 3 rings (SSSR count). The highest BCUT2D eigenvalue weighted by Gasteiger charge is 2.30. The van der Waals surface area contributed by atoms with Crippen molar-refractivity contribution in [3.05, 3.63) is 28.8 Å². The van der Waals surface area contributed by atoms with Crippen molar-refractivity contribution in [2.24, 2.45) is 5.92 Å². The second kappa shape index (κ2) is 8.69. The van der Waals surface area contributed by atoms with Crippen LogP contribution in [0.1, 0.15) is 43.0 Å². The third kappa shape index (κ3) is 4.76. The number of nitrogens with one attached hydrogen (secondary N) is 1. The van der Waals surface area contributed by atoms with Gasteiger partial charge in [0.25, 0.3) is 5.91 Å². The van der Waals surface area contributed by atoms with Gasteiger partial charge in [-0.2, -0.15) is 0 Å². The van der Waals surface area contributed by atoms with E-state index >= 15 is 0 Å². The molecule has 2 fully saturated rings. The lowest BCUT2D eigenvalue weighted by molar-refractivity contribution is 0.0461. The van der Waals surface area contributed by atoms with Gasteiger partial charge in [0.2, 0.25) is 0 Å². The first-order valence-corrected chi connectivity index (χ1v) is 10.6. The van der Waals surface area contributed by atoms with Crippen LogP contribution in [-0.4, -0.2) is 56.7 Å². The van der Waals surface area contributed by atoms with Crippen LogP contribution in [0.15, 0.2) is 18.2 Å². The normalized spacial score (nSPS) is 23.2. The number of halogens is 1. The minimum Gasteiger partial charge on any atom is -0.755 e. The van der Waals surface area contributed by atoms with E-state index in [1.54, 1.807) is 12.1 Å². The summed E-state index contributed by atoms with van der Waals surface area (Å²) >= 11 is 3.80. The first-order valence-electron chi connectivity index (χ1n) is 9.13. The number of rotatable bonds is 5. The molecular weight excluding hydrogens is 374 g/mol. The number of hydrogen-bond acceptors (Lipinski definition) is 4. The predicted octanol–water partition coefficient (Wildman–Crippen LogP) is 2.88. The molecule has 0 bridgehead atoms. The van der Waals surface area contributed by atoms with Crippen LogP contribution >= 0.6 is 11.6 Å². The summed E-state index contributed by atoms with van der Waals surface area (Å²) in [5.74, 6) is 0.711. The second-order valence-corrected chi connectivity index (χ2v) is 8.37. The molecule has 1 saturated heterocycles.